The van der Waals surface area contributed by atoms with Gasteiger partial charge in [-0.05, 0) is 12.1 Å². The molecule has 1 aromatic carbocycles. The molecular formula is C19H17Cl2N5O2S. The van der Waals surface area contributed by atoms with Crippen LogP contribution in [0.5, 0.6) is 0 Å². The summed E-state index contributed by atoms with van der Waals surface area (Å²) in [7, 11) is 0. The van der Waals surface area contributed by atoms with Crippen molar-refractivity contribution in [3.8, 4) is 0 Å². The number of rotatable bonds is 5. The van der Waals surface area contributed by atoms with Gasteiger partial charge in [-0.2, -0.15) is 0 Å². The molecule has 0 radical (unpaired) electrons. The van der Waals surface area contributed by atoms with E-state index in [1.165, 1.54) is 23.7 Å². The molecule has 10 heteroatoms. The number of morpholine rings is 1. The lowest BCUT2D eigenvalue weighted by Gasteiger charge is -2.36. The van der Waals surface area contributed by atoms with Gasteiger partial charge in [-0.15, -0.1) is 0 Å². The molecular weight excluding hydrogens is 433 g/mol. The molecule has 1 fully saturated rings. The number of nitrogens with two attached hydrogens (primary N) is 1. The summed E-state index contributed by atoms with van der Waals surface area (Å²) in [5.74, 6) is -0.244. The average Bonchev–Trinajstić information content (AvgIpc) is 3.10. The molecule has 4 rings (SSSR count). The van der Waals surface area contributed by atoms with Gasteiger partial charge in [0.2, 0.25) is 10.9 Å². The van der Waals surface area contributed by atoms with Crippen molar-refractivity contribution in [2.24, 2.45) is 0 Å². The summed E-state index contributed by atoms with van der Waals surface area (Å²) in [4.78, 5) is 21.8. The maximum absolute atomic E-state index is 13.1. The van der Waals surface area contributed by atoms with E-state index in [-0.39, 0.29) is 32.1 Å². The molecule has 1 aliphatic rings. The molecule has 0 atom stereocenters. The van der Waals surface area contributed by atoms with Crippen LogP contribution < -0.4 is 10.7 Å². The minimum absolute atomic E-state index is 0.133. The number of carbonyl (C=O) groups is 1. The molecule has 2 aromatic heterocycles. The summed E-state index contributed by atoms with van der Waals surface area (Å²) in [6.07, 6.45) is 2.76. The third kappa shape index (κ3) is 4.08. The van der Waals surface area contributed by atoms with Crippen molar-refractivity contribution in [2.45, 2.75) is 0 Å². The second-order valence-electron chi connectivity index (χ2n) is 6.23. The first kappa shape index (κ1) is 20.1. The number of carbonyl (C=O) groups excluding carboxylic acids is 1. The molecule has 3 aromatic rings. The van der Waals surface area contributed by atoms with E-state index in [0.717, 1.165) is 5.69 Å². The lowest BCUT2D eigenvalue weighted by atomic mass is 10.1. The lowest BCUT2D eigenvalue weighted by molar-refractivity contribution is 0.0378. The summed E-state index contributed by atoms with van der Waals surface area (Å²) in [5.41, 5.74) is 7.22. The zero-order chi connectivity index (χ0) is 20.4. The molecule has 1 saturated heterocycles. The fourth-order valence-corrected chi connectivity index (χ4v) is 4.55. The highest BCUT2D eigenvalue weighted by Crippen LogP contribution is 2.37. The number of hydrogen-bond acceptors (Lipinski definition) is 8. The van der Waals surface area contributed by atoms with Crippen molar-refractivity contribution in [1.29, 1.82) is 0 Å². The van der Waals surface area contributed by atoms with E-state index < -0.39 is 0 Å². The second kappa shape index (κ2) is 8.64. The molecule has 29 heavy (non-hydrogen) atoms. The van der Waals surface area contributed by atoms with Crippen LogP contribution in [0, 0.1) is 0 Å². The SMILES string of the molecule is Nc1nc(N(c2ccccc2)N2CCOCC2)sc1C(=O)c1c(Cl)cncc1Cl. The molecule has 7 nitrogen and oxygen atoms in total. The van der Waals surface area contributed by atoms with Gasteiger partial charge in [0.05, 0.1) is 34.5 Å². The molecule has 1 aliphatic heterocycles. The van der Waals surface area contributed by atoms with Crippen LogP contribution in [0.3, 0.4) is 0 Å². The van der Waals surface area contributed by atoms with E-state index in [4.69, 9.17) is 33.7 Å². The Morgan fingerprint density at radius 3 is 2.45 bits per heavy atom. The van der Waals surface area contributed by atoms with Crippen molar-refractivity contribution in [3.05, 3.63) is 63.2 Å². The van der Waals surface area contributed by atoms with Crippen molar-refractivity contribution in [1.82, 2.24) is 15.0 Å². The lowest BCUT2D eigenvalue weighted by Crippen LogP contribution is -2.46. The molecule has 0 amide bonds. The number of nitrogen functional groups attached to an aromatic ring is 1. The molecule has 0 spiro atoms. The van der Waals surface area contributed by atoms with Crippen LogP contribution >= 0.6 is 34.5 Å². The number of thiazole rings is 1. The van der Waals surface area contributed by atoms with Crippen LogP contribution in [0.4, 0.5) is 16.6 Å². The predicted molar refractivity (Wildman–Crippen MR) is 115 cm³/mol. The van der Waals surface area contributed by atoms with Gasteiger partial charge in [-0.3, -0.25) is 9.78 Å². The number of halogens is 2. The number of hydrogen-bond donors (Lipinski definition) is 1. The van der Waals surface area contributed by atoms with Gasteiger partial charge in [0.1, 0.15) is 10.7 Å². The van der Waals surface area contributed by atoms with Gasteiger partial charge in [0.25, 0.3) is 0 Å². The maximum atomic E-state index is 13.1. The van der Waals surface area contributed by atoms with Crippen molar-refractivity contribution >= 4 is 57.0 Å². The zero-order valence-corrected chi connectivity index (χ0v) is 17.5. The first-order chi connectivity index (χ1) is 14.1. The number of nitrogens with zero attached hydrogens (tertiary/aromatic N) is 4. The van der Waals surface area contributed by atoms with Crippen molar-refractivity contribution < 1.29 is 9.53 Å². The summed E-state index contributed by atoms with van der Waals surface area (Å²) < 4.78 is 5.47. The number of hydrazine groups is 1. The minimum atomic E-state index is -0.376. The van der Waals surface area contributed by atoms with Gasteiger partial charge < -0.3 is 10.5 Å². The predicted octanol–water partition coefficient (Wildman–Crippen LogP) is 4.04. The Morgan fingerprint density at radius 1 is 1.14 bits per heavy atom. The van der Waals surface area contributed by atoms with Gasteiger partial charge in [0, 0.05) is 25.5 Å². The number of aromatic nitrogens is 2. The molecule has 0 unspecified atom stereocenters. The summed E-state index contributed by atoms with van der Waals surface area (Å²) in [6, 6.07) is 9.79. The third-order valence-corrected chi connectivity index (χ3v) is 6.00. The number of anilines is 3. The van der Waals surface area contributed by atoms with E-state index in [0.29, 0.717) is 31.4 Å². The van der Waals surface area contributed by atoms with E-state index in [1.807, 2.05) is 35.3 Å². The van der Waals surface area contributed by atoms with Crippen LogP contribution in [0.25, 0.3) is 0 Å². The standard InChI is InChI=1S/C19H17Cl2N5O2S/c20-13-10-23-11-14(21)15(13)16(27)17-18(22)24-19(29-17)26(12-4-2-1-3-5-12)25-6-8-28-9-7-25/h1-5,10-11H,6-9,22H2. The summed E-state index contributed by atoms with van der Waals surface area (Å²) in [6.45, 7) is 2.61. The summed E-state index contributed by atoms with van der Waals surface area (Å²) in [5, 5.41) is 5.02. The van der Waals surface area contributed by atoms with Crippen LogP contribution in [-0.4, -0.2) is 47.1 Å². The highest BCUT2D eigenvalue weighted by molar-refractivity contribution is 7.18. The van der Waals surface area contributed by atoms with Crippen LogP contribution in [0.1, 0.15) is 15.2 Å². The molecule has 0 saturated carbocycles. The Hall–Kier alpha value is -2.23. The maximum Gasteiger partial charge on any atom is 0.209 e. The van der Waals surface area contributed by atoms with Crippen LogP contribution in [-0.2, 0) is 4.74 Å². The monoisotopic (exact) mass is 449 g/mol. The van der Waals surface area contributed by atoms with Crippen molar-refractivity contribution in [2.75, 3.05) is 37.0 Å². The first-order valence-electron chi connectivity index (χ1n) is 8.84. The molecule has 0 bridgehead atoms. The molecule has 2 N–H and O–H groups in total. The average molecular weight is 450 g/mol. The van der Waals surface area contributed by atoms with Gasteiger partial charge >= 0.3 is 0 Å². The zero-order valence-electron chi connectivity index (χ0n) is 15.2. The number of benzene rings is 1. The molecule has 0 aliphatic carbocycles. The van der Waals surface area contributed by atoms with Crippen molar-refractivity contribution in [3.63, 3.8) is 0 Å². The van der Waals surface area contributed by atoms with Gasteiger partial charge in [-0.1, -0.05) is 52.7 Å². The number of para-hydroxylation sites is 1. The summed E-state index contributed by atoms with van der Waals surface area (Å²) >= 11 is 13.5. The van der Waals surface area contributed by atoms with E-state index in [2.05, 4.69) is 15.0 Å². The number of pyridine rings is 1. The first-order valence-corrected chi connectivity index (χ1v) is 10.4. The minimum Gasteiger partial charge on any atom is -0.382 e. The Morgan fingerprint density at radius 2 is 1.79 bits per heavy atom. The quantitative estimate of drug-likeness (QED) is 0.588. The Labute approximate surface area is 181 Å². The normalized spacial score (nSPS) is 14.7. The van der Waals surface area contributed by atoms with Crippen LogP contribution in [0.2, 0.25) is 10.0 Å². The number of ether oxygens (including phenoxy) is 1. The Kier molecular flexibility index (Phi) is 5.98. The fourth-order valence-electron chi connectivity index (χ4n) is 3.03. The number of ketones is 1. The highest BCUT2D eigenvalue weighted by atomic mass is 35.5. The molecule has 3 heterocycles. The Balaban J connectivity index is 1.75. The van der Waals surface area contributed by atoms with E-state index >= 15 is 0 Å². The smallest absolute Gasteiger partial charge is 0.209 e. The van der Waals surface area contributed by atoms with E-state index in [9.17, 15) is 4.79 Å². The topological polar surface area (TPSA) is 84.6 Å². The van der Waals surface area contributed by atoms with Gasteiger partial charge in [0.15, 0.2) is 0 Å². The second-order valence-corrected chi connectivity index (χ2v) is 8.02. The Bertz CT molecular complexity index is 1000. The highest BCUT2D eigenvalue weighted by Gasteiger charge is 2.28. The molecule has 150 valence electrons. The largest absolute Gasteiger partial charge is 0.382 e. The third-order valence-electron chi connectivity index (χ3n) is 4.38. The van der Waals surface area contributed by atoms with E-state index in [1.54, 1.807) is 0 Å². The van der Waals surface area contributed by atoms with Gasteiger partial charge in [-0.25, -0.2) is 15.0 Å². The fraction of sp³-hybridized carbons (Fsp3) is 0.211. The van der Waals surface area contributed by atoms with Crippen LogP contribution in [0.15, 0.2) is 42.7 Å².